The van der Waals surface area contributed by atoms with E-state index in [0.717, 1.165) is 19.4 Å². The quantitative estimate of drug-likeness (QED) is 0.884. The highest BCUT2D eigenvalue weighted by molar-refractivity contribution is 7.89. The number of aliphatic hydroxyl groups excluding tert-OH is 1. The maximum absolute atomic E-state index is 12.4. The van der Waals surface area contributed by atoms with E-state index in [1.807, 2.05) is 0 Å². The maximum Gasteiger partial charge on any atom is 0.240 e. The summed E-state index contributed by atoms with van der Waals surface area (Å²) in [7, 11) is -1.43. The summed E-state index contributed by atoms with van der Waals surface area (Å²) >= 11 is 0. The standard InChI is InChI=1S/C15H24N2O3S/c1-11-10-14(8-9-17(11)3)16-21(19,20)15-6-4-13(5-7-15)12(2)18/h4-7,11-12,14,16,18H,8-10H2,1-3H3. The molecule has 1 aromatic rings. The van der Waals surface area contributed by atoms with Gasteiger partial charge in [-0.25, -0.2) is 13.1 Å². The Morgan fingerprint density at radius 2 is 1.95 bits per heavy atom. The fraction of sp³-hybridized carbons (Fsp3) is 0.600. The lowest BCUT2D eigenvalue weighted by Crippen LogP contribution is -2.47. The summed E-state index contributed by atoms with van der Waals surface area (Å²) in [6.07, 6.45) is 1.05. The fourth-order valence-corrected chi connectivity index (χ4v) is 3.89. The maximum atomic E-state index is 12.4. The van der Waals surface area contributed by atoms with E-state index in [1.54, 1.807) is 31.2 Å². The summed E-state index contributed by atoms with van der Waals surface area (Å²) in [5.74, 6) is 0. The van der Waals surface area contributed by atoms with Crippen molar-refractivity contribution in [2.75, 3.05) is 13.6 Å². The molecule has 3 unspecified atom stereocenters. The number of aliphatic hydroxyl groups is 1. The molecule has 1 aliphatic rings. The van der Waals surface area contributed by atoms with Gasteiger partial charge in [-0.2, -0.15) is 0 Å². The molecule has 0 bridgehead atoms. The van der Waals surface area contributed by atoms with Crippen LogP contribution >= 0.6 is 0 Å². The van der Waals surface area contributed by atoms with E-state index in [0.29, 0.717) is 11.6 Å². The van der Waals surface area contributed by atoms with Crippen LogP contribution in [0.4, 0.5) is 0 Å². The number of nitrogens with zero attached hydrogens (tertiary/aromatic N) is 1. The Bertz CT molecular complexity index is 569. The molecule has 1 saturated heterocycles. The first kappa shape index (κ1) is 16.4. The molecule has 1 aliphatic heterocycles. The third-order valence-corrected chi connectivity index (χ3v) is 5.74. The Hall–Kier alpha value is -0.950. The van der Waals surface area contributed by atoms with Crippen LogP contribution in [-0.4, -0.2) is 44.1 Å². The van der Waals surface area contributed by atoms with Crippen molar-refractivity contribution in [3.8, 4) is 0 Å². The zero-order valence-corrected chi connectivity index (χ0v) is 13.6. The van der Waals surface area contributed by atoms with Crippen molar-refractivity contribution < 1.29 is 13.5 Å². The van der Waals surface area contributed by atoms with E-state index in [1.165, 1.54) is 0 Å². The lowest BCUT2D eigenvalue weighted by atomic mass is 10.0. The molecule has 21 heavy (non-hydrogen) atoms. The molecule has 0 spiro atoms. The van der Waals surface area contributed by atoms with Crippen LogP contribution in [0.15, 0.2) is 29.2 Å². The molecule has 3 atom stereocenters. The second-order valence-corrected chi connectivity index (χ2v) is 7.63. The zero-order chi connectivity index (χ0) is 15.6. The van der Waals surface area contributed by atoms with Gasteiger partial charge < -0.3 is 10.0 Å². The molecular formula is C15H24N2O3S. The third kappa shape index (κ3) is 4.03. The minimum atomic E-state index is -3.49. The Balaban J connectivity index is 2.08. The molecule has 2 N–H and O–H groups in total. The number of hydrogen-bond donors (Lipinski definition) is 2. The van der Waals surface area contributed by atoms with Crippen molar-refractivity contribution in [2.45, 2.75) is 49.8 Å². The molecule has 1 heterocycles. The SMILES string of the molecule is CC(O)c1ccc(S(=O)(=O)NC2CCN(C)C(C)C2)cc1. The summed E-state index contributed by atoms with van der Waals surface area (Å²) < 4.78 is 27.6. The lowest BCUT2D eigenvalue weighted by Gasteiger charge is -2.35. The van der Waals surface area contributed by atoms with Gasteiger partial charge in [-0.3, -0.25) is 0 Å². The number of benzene rings is 1. The Labute approximate surface area is 127 Å². The predicted octanol–water partition coefficient (Wildman–Crippen LogP) is 1.50. The topological polar surface area (TPSA) is 69.6 Å². The van der Waals surface area contributed by atoms with E-state index in [9.17, 15) is 13.5 Å². The molecule has 0 radical (unpaired) electrons. The minimum Gasteiger partial charge on any atom is -0.389 e. The molecule has 118 valence electrons. The minimum absolute atomic E-state index is 0.0161. The average Bonchev–Trinajstić information content (AvgIpc) is 2.43. The van der Waals surface area contributed by atoms with E-state index < -0.39 is 16.1 Å². The largest absolute Gasteiger partial charge is 0.389 e. The van der Waals surface area contributed by atoms with Gasteiger partial charge in [-0.1, -0.05) is 12.1 Å². The number of piperidine rings is 1. The van der Waals surface area contributed by atoms with Crippen molar-refractivity contribution in [3.63, 3.8) is 0 Å². The average molecular weight is 312 g/mol. The number of rotatable bonds is 4. The number of sulfonamides is 1. The van der Waals surface area contributed by atoms with E-state index >= 15 is 0 Å². The first-order chi connectivity index (χ1) is 9.79. The van der Waals surface area contributed by atoms with Gasteiger partial charge in [0, 0.05) is 12.1 Å². The highest BCUT2D eigenvalue weighted by atomic mass is 32.2. The first-order valence-corrected chi connectivity index (χ1v) is 8.78. The van der Waals surface area contributed by atoms with Crippen molar-refractivity contribution in [1.29, 1.82) is 0 Å². The van der Waals surface area contributed by atoms with Crippen molar-refractivity contribution in [2.24, 2.45) is 0 Å². The molecule has 0 amide bonds. The van der Waals surface area contributed by atoms with Gasteiger partial charge >= 0.3 is 0 Å². The van der Waals surface area contributed by atoms with Crippen LogP contribution in [0.3, 0.4) is 0 Å². The summed E-state index contributed by atoms with van der Waals surface area (Å²) in [6, 6.07) is 6.75. The summed E-state index contributed by atoms with van der Waals surface area (Å²) in [4.78, 5) is 2.49. The Morgan fingerprint density at radius 1 is 1.33 bits per heavy atom. The molecule has 1 fully saturated rings. The highest BCUT2D eigenvalue weighted by Gasteiger charge is 2.27. The predicted molar refractivity (Wildman–Crippen MR) is 82.5 cm³/mol. The molecule has 6 heteroatoms. The number of likely N-dealkylation sites (tertiary alicyclic amines) is 1. The van der Waals surface area contributed by atoms with Crippen LogP contribution in [0.5, 0.6) is 0 Å². The van der Waals surface area contributed by atoms with E-state index in [2.05, 4.69) is 23.6 Å². The van der Waals surface area contributed by atoms with Gasteiger partial charge in [-0.15, -0.1) is 0 Å². The molecular weight excluding hydrogens is 288 g/mol. The molecule has 0 aliphatic carbocycles. The van der Waals surface area contributed by atoms with Gasteiger partial charge in [0.15, 0.2) is 0 Å². The summed E-state index contributed by atoms with van der Waals surface area (Å²) in [5, 5.41) is 9.46. The lowest BCUT2D eigenvalue weighted by molar-refractivity contribution is 0.178. The van der Waals surface area contributed by atoms with Crippen LogP contribution in [-0.2, 0) is 10.0 Å². The molecule has 5 nitrogen and oxygen atoms in total. The Kier molecular flexibility index (Phi) is 5.03. The van der Waals surface area contributed by atoms with E-state index in [4.69, 9.17) is 0 Å². The third-order valence-electron chi connectivity index (χ3n) is 4.20. The number of hydrogen-bond acceptors (Lipinski definition) is 4. The van der Waals surface area contributed by atoms with Crippen molar-refractivity contribution >= 4 is 10.0 Å². The zero-order valence-electron chi connectivity index (χ0n) is 12.8. The van der Waals surface area contributed by atoms with Gasteiger partial charge in [-0.05, 0) is 58.0 Å². The molecule has 2 rings (SSSR count). The van der Waals surface area contributed by atoms with Crippen LogP contribution in [0.25, 0.3) is 0 Å². The van der Waals surface area contributed by atoms with Crippen LogP contribution in [0, 0.1) is 0 Å². The van der Waals surface area contributed by atoms with Crippen LogP contribution < -0.4 is 4.72 Å². The van der Waals surface area contributed by atoms with Crippen LogP contribution in [0.1, 0.15) is 38.4 Å². The Morgan fingerprint density at radius 3 is 2.48 bits per heavy atom. The normalized spacial score (nSPS) is 25.7. The smallest absolute Gasteiger partial charge is 0.240 e. The fourth-order valence-electron chi connectivity index (χ4n) is 2.61. The second-order valence-electron chi connectivity index (χ2n) is 5.92. The van der Waals surface area contributed by atoms with Crippen molar-refractivity contribution in [1.82, 2.24) is 9.62 Å². The first-order valence-electron chi connectivity index (χ1n) is 7.30. The summed E-state index contributed by atoms with van der Waals surface area (Å²) in [5.41, 5.74) is 0.710. The number of nitrogens with one attached hydrogen (secondary N) is 1. The van der Waals surface area contributed by atoms with Gasteiger partial charge in [0.05, 0.1) is 11.0 Å². The van der Waals surface area contributed by atoms with Gasteiger partial charge in [0.1, 0.15) is 0 Å². The molecule has 1 aromatic carbocycles. The van der Waals surface area contributed by atoms with Gasteiger partial charge in [0.2, 0.25) is 10.0 Å². The van der Waals surface area contributed by atoms with E-state index in [-0.39, 0.29) is 10.9 Å². The second kappa shape index (κ2) is 6.44. The highest BCUT2D eigenvalue weighted by Crippen LogP contribution is 2.19. The molecule has 0 aromatic heterocycles. The van der Waals surface area contributed by atoms with Crippen molar-refractivity contribution in [3.05, 3.63) is 29.8 Å². The molecule has 0 saturated carbocycles. The van der Waals surface area contributed by atoms with Gasteiger partial charge in [0.25, 0.3) is 0 Å². The summed E-state index contributed by atoms with van der Waals surface area (Å²) in [6.45, 7) is 4.66. The van der Waals surface area contributed by atoms with Crippen LogP contribution in [0.2, 0.25) is 0 Å². The monoisotopic (exact) mass is 312 g/mol.